The van der Waals surface area contributed by atoms with Crippen molar-refractivity contribution in [3.63, 3.8) is 0 Å². The molecule has 1 heterocycles. The number of carbonyl (C=O) groups is 1. The van der Waals surface area contributed by atoms with Crippen LogP contribution < -0.4 is 0 Å². The summed E-state index contributed by atoms with van der Waals surface area (Å²) >= 11 is 0. The lowest BCUT2D eigenvalue weighted by Crippen LogP contribution is -2.08. The van der Waals surface area contributed by atoms with E-state index in [1.165, 1.54) is 6.08 Å². The van der Waals surface area contributed by atoms with Gasteiger partial charge in [-0.25, -0.2) is 4.79 Å². The van der Waals surface area contributed by atoms with Crippen molar-refractivity contribution in [1.82, 2.24) is 0 Å². The van der Waals surface area contributed by atoms with E-state index in [0.717, 1.165) is 6.26 Å². The molecule has 0 saturated carbocycles. The number of hydrogen-bond donors (Lipinski definition) is 0. The summed E-state index contributed by atoms with van der Waals surface area (Å²) in [7, 11) is -3.61. The fourth-order valence-electron chi connectivity index (χ4n) is 0.579. The highest BCUT2D eigenvalue weighted by molar-refractivity contribution is 7.86. The number of ether oxygens (including phenoxy) is 1. The van der Waals surface area contributed by atoms with Gasteiger partial charge in [-0.15, -0.1) is 0 Å². The van der Waals surface area contributed by atoms with E-state index in [4.69, 9.17) is 0 Å². The molecule has 0 N–H and O–H groups in total. The van der Waals surface area contributed by atoms with E-state index in [1.807, 2.05) is 0 Å². The molecule has 0 aromatic heterocycles. The summed E-state index contributed by atoms with van der Waals surface area (Å²) in [6, 6.07) is 0. The Balaban J connectivity index is 2.72. The van der Waals surface area contributed by atoms with Crippen LogP contribution in [0, 0.1) is 0 Å². The van der Waals surface area contributed by atoms with Gasteiger partial charge >= 0.3 is 16.1 Å². The van der Waals surface area contributed by atoms with E-state index in [1.54, 1.807) is 0 Å². The summed E-state index contributed by atoms with van der Waals surface area (Å²) < 4.78 is 29.6. The lowest BCUT2D eigenvalue weighted by atomic mass is 10.5. The third-order valence-electron chi connectivity index (χ3n) is 0.925. The largest absolute Gasteiger partial charge is 0.455 e. The zero-order chi connectivity index (χ0) is 8.48. The fourth-order valence-corrected chi connectivity index (χ4v) is 1.04. The van der Waals surface area contributed by atoms with Gasteiger partial charge in [0.2, 0.25) is 5.76 Å². The lowest BCUT2D eigenvalue weighted by molar-refractivity contribution is -0.137. The Hall–Kier alpha value is -1.04. The Morgan fingerprint density at radius 1 is 1.64 bits per heavy atom. The van der Waals surface area contributed by atoms with Crippen LogP contribution in [0.2, 0.25) is 0 Å². The van der Waals surface area contributed by atoms with Gasteiger partial charge in [-0.1, -0.05) is 0 Å². The average molecular weight is 178 g/mol. The van der Waals surface area contributed by atoms with Gasteiger partial charge in [0.1, 0.15) is 6.61 Å². The van der Waals surface area contributed by atoms with Crippen LogP contribution in [0.3, 0.4) is 0 Å². The topological polar surface area (TPSA) is 69.7 Å². The molecular weight excluding hydrogens is 172 g/mol. The van der Waals surface area contributed by atoms with Crippen LogP contribution in [0.15, 0.2) is 11.8 Å². The zero-order valence-electron chi connectivity index (χ0n) is 5.73. The molecule has 0 aromatic rings. The minimum atomic E-state index is -3.61. The molecule has 0 radical (unpaired) electrons. The predicted molar refractivity (Wildman–Crippen MR) is 35.0 cm³/mol. The molecule has 0 fully saturated rings. The highest BCUT2D eigenvalue weighted by Gasteiger charge is 2.21. The summed E-state index contributed by atoms with van der Waals surface area (Å²) in [5, 5.41) is 0. The second-order valence-corrected chi connectivity index (χ2v) is 3.53. The third-order valence-corrected chi connectivity index (χ3v) is 1.41. The van der Waals surface area contributed by atoms with Gasteiger partial charge in [-0.05, 0) is 0 Å². The van der Waals surface area contributed by atoms with Gasteiger partial charge in [0.25, 0.3) is 0 Å². The smallest absolute Gasteiger partial charge is 0.375 e. The maximum absolute atomic E-state index is 10.6. The first-order valence-electron chi connectivity index (χ1n) is 2.76. The predicted octanol–water partition coefficient (Wildman–Crippen LogP) is -0.597. The SMILES string of the molecule is CS(=O)(=O)OC1=CCOC1=O. The number of cyclic esters (lactones) is 1. The molecule has 1 aliphatic rings. The van der Waals surface area contributed by atoms with Crippen molar-refractivity contribution >= 4 is 16.1 Å². The second-order valence-electron chi connectivity index (χ2n) is 1.95. The van der Waals surface area contributed by atoms with Gasteiger partial charge in [0, 0.05) is 6.08 Å². The molecule has 0 unspecified atom stereocenters. The normalized spacial score (nSPS) is 17.5. The molecule has 0 atom stereocenters. The first kappa shape index (κ1) is 8.06. The first-order valence-corrected chi connectivity index (χ1v) is 4.57. The second kappa shape index (κ2) is 2.54. The van der Waals surface area contributed by atoms with Crippen LogP contribution in [-0.4, -0.2) is 27.2 Å². The summed E-state index contributed by atoms with van der Waals surface area (Å²) in [5.41, 5.74) is 0. The molecule has 0 spiro atoms. The van der Waals surface area contributed by atoms with Crippen LogP contribution >= 0.6 is 0 Å². The molecule has 0 aromatic carbocycles. The van der Waals surface area contributed by atoms with Crippen molar-refractivity contribution in [2.75, 3.05) is 12.9 Å². The van der Waals surface area contributed by atoms with Crippen molar-refractivity contribution < 1.29 is 22.1 Å². The maximum Gasteiger partial charge on any atom is 0.375 e. The minimum absolute atomic E-state index is 0.0731. The van der Waals surface area contributed by atoms with Gasteiger partial charge in [0.05, 0.1) is 6.26 Å². The van der Waals surface area contributed by atoms with E-state index in [0.29, 0.717) is 0 Å². The standard InChI is InChI=1S/C5H6O5S/c1-11(7,8)10-4-2-3-9-5(4)6/h2H,3H2,1H3. The van der Waals surface area contributed by atoms with Crippen molar-refractivity contribution in [1.29, 1.82) is 0 Å². The molecule has 62 valence electrons. The van der Waals surface area contributed by atoms with Crippen molar-refractivity contribution in [2.45, 2.75) is 0 Å². The zero-order valence-corrected chi connectivity index (χ0v) is 6.55. The number of rotatable bonds is 2. The molecule has 5 nitrogen and oxygen atoms in total. The van der Waals surface area contributed by atoms with Gasteiger partial charge in [-0.2, -0.15) is 8.42 Å². The van der Waals surface area contributed by atoms with Crippen LogP contribution in [0.1, 0.15) is 0 Å². The average Bonchev–Trinajstić information content (AvgIpc) is 2.12. The van der Waals surface area contributed by atoms with Gasteiger partial charge < -0.3 is 8.92 Å². The molecular formula is C5H6O5S. The first-order chi connectivity index (χ1) is 4.99. The van der Waals surface area contributed by atoms with E-state index < -0.39 is 16.1 Å². The highest BCUT2D eigenvalue weighted by atomic mass is 32.2. The number of carbonyl (C=O) groups excluding carboxylic acids is 1. The quantitative estimate of drug-likeness (QED) is 0.417. The summed E-state index contributed by atoms with van der Waals surface area (Å²) in [6.07, 6.45) is 2.13. The number of hydrogen-bond acceptors (Lipinski definition) is 5. The fraction of sp³-hybridized carbons (Fsp3) is 0.400. The van der Waals surface area contributed by atoms with Crippen LogP contribution in [0.4, 0.5) is 0 Å². The van der Waals surface area contributed by atoms with Crippen molar-refractivity contribution in [2.24, 2.45) is 0 Å². The van der Waals surface area contributed by atoms with Crippen molar-refractivity contribution in [3.05, 3.63) is 11.8 Å². The highest BCUT2D eigenvalue weighted by Crippen LogP contribution is 2.10. The Bertz CT molecular complexity index is 299. The van der Waals surface area contributed by atoms with Crippen LogP contribution in [0.25, 0.3) is 0 Å². The van der Waals surface area contributed by atoms with Crippen LogP contribution in [0.5, 0.6) is 0 Å². The Morgan fingerprint density at radius 3 is 2.64 bits per heavy atom. The Kier molecular flexibility index (Phi) is 1.86. The van der Waals surface area contributed by atoms with Crippen molar-refractivity contribution in [3.8, 4) is 0 Å². The maximum atomic E-state index is 10.6. The van der Waals surface area contributed by atoms with Gasteiger partial charge in [0.15, 0.2) is 0 Å². The summed E-state index contributed by atoms with van der Waals surface area (Å²) in [5.74, 6) is -0.997. The number of esters is 1. The lowest BCUT2D eigenvalue weighted by Gasteiger charge is -1.98. The Labute approximate surface area is 63.7 Å². The molecule has 1 aliphatic heterocycles. The van der Waals surface area contributed by atoms with Crippen LogP contribution in [-0.2, 0) is 23.8 Å². The molecule has 1 rings (SSSR count). The Morgan fingerprint density at radius 2 is 2.27 bits per heavy atom. The summed E-state index contributed by atoms with van der Waals surface area (Å²) in [4.78, 5) is 10.6. The van der Waals surface area contributed by atoms with E-state index in [-0.39, 0.29) is 12.4 Å². The molecule has 0 aliphatic carbocycles. The molecule has 0 bridgehead atoms. The van der Waals surface area contributed by atoms with Gasteiger partial charge in [-0.3, -0.25) is 0 Å². The van der Waals surface area contributed by atoms with E-state index in [9.17, 15) is 13.2 Å². The van der Waals surface area contributed by atoms with E-state index in [2.05, 4.69) is 8.92 Å². The summed E-state index contributed by atoms with van der Waals surface area (Å²) in [6.45, 7) is 0.0731. The third kappa shape index (κ3) is 2.23. The monoisotopic (exact) mass is 178 g/mol. The van der Waals surface area contributed by atoms with E-state index >= 15 is 0 Å². The molecule has 11 heavy (non-hydrogen) atoms. The molecule has 0 saturated heterocycles. The molecule has 0 amide bonds. The molecule has 6 heteroatoms. The minimum Gasteiger partial charge on any atom is -0.455 e.